The van der Waals surface area contributed by atoms with E-state index in [4.69, 9.17) is 4.74 Å². The number of hydrogen-bond donors (Lipinski definition) is 3. The molecule has 0 rings (SSSR count). The zero-order chi connectivity index (χ0) is 44.5. The Kier molecular flexibility index (Phi) is 45.3. The first-order valence-corrected chi connectivity index (χ1v) is 25.0. The van der Waals surface area contributed by atoms with E-state index >= 15 is 0 Å². The molecule has 0 aliphatic heterocycles. The van der Waals surface area contributed by atoms with Crippen molar-refractivity contribution in [2.24, 2.45) is 0 Å². The fraction of sp³-hybridized carbons (Fsp3) is 0.673. The van der Waals surface area contributed by atoms with Gasteiger partial charge in [0.25, 0.3) is 0 Å². The van der Waals surface area contributed by atoms with Crippen LogP contribution in [0.15, 0.2) is 97.2 Å². The van der Waals surface area contributed by atoms with Gasteiger partial charge in [0.2, 0.25) is 5.91 Å². The molecule has 61 heavy (non-hydrogen) atoms. The molecule has 6 nitrogen and oxygen atoms in total. The van der Waals surface area contributed by atoms with Crippen LogP contribution in [0.4, 0.5) is 0 Å². The van der Waals surface area contributed by atoms with Gasteiger partial charge in [-0.1, -0.05) is 240 Å². The van der Waals surface area contributed by atoms with Crippen LogP contribution in [-0.4, -0.2) is 46.9 Å². The summed E-state index contributed by atoms with van der Waals surface area (Å²) in [6.45, 7) is 6.28. The molecule has 3 atom stereocenters. The van der Waals surface area contributed by atoms with Crippen molar-refractivity contribution in [2.75, 3.05) is 6.61 Å². The van der Waals surface area contributed by atoms with Crippen LogP contribution in [0.2, 0.25) is 0 Å². The second-order valence-corrected chi connectivity index (χ2v) is 16.6. The summed E-state index contributed by atoms with van der Waals surface area (Å²) < 4.78 is 5.85. The van der Waals surface area contributed by atoms with Crippen LogP contribution in [-0.2, 0) is 14.3 Å². The van der Waals surface area contributed by atoms with Gasteiger partial charge in [-0.25, -0.2) is 0 Å². The molecule has 6 heteroatoms. The minimum Gasteiger partial charge on any atom is -0.462 e. The van der Waals surface area contributed by atoms with Crippen LogP contribution in [0.3, 0.4) is 0 Å². The largest absolute Gasteiger partial charge is 0.462 e. The fourth-order valence-corrected chi connectivity index (χ4v) is 7.05. The predicted octanol–water partition coefficient (Wildman–Crippen LogP) is 14.9. The lowest BCUT2D eigenvalue weighted by atomic mass is 10.0. The molecule has 0 aliphatic carbocycles. The van der Waals surface area contributed by atoms with Crippen LogP contribution in [0.25, 0.3) is 0 Å². The number of allylic oxidation sites excluding steroid dienone is 16. The zero-order valence-corrected chi connectivity index (χ0v) is 39.5. The molecule has 0 aromatic rings. The molecule has 0 aliphatic rings. The molecule has 348 valence electrons. The number of ether oxygens (including phenoxy) is 1. The van der Waals surface area contributed by atoms with E-state index in [0.717, 1.165) is 51.4 Å². The molecule has 0 heterocycles. The minimum absolute atomic E-state index is 0.000928. The Morgan fingerprint density at radius 2 is 0.967 bits per heavy atom. The van der Waals surface area contributed by atoms with Crippen LogP contribution in [0.5, 0.6) is 0 Å². The van der Waals surface area contributed by atoms with Crippen molar-refractivity contribution in [3.05, 3.63) is 97.2 Å². The van der Waals surface area contributed by atoms with Gasteiger partial charge in [0.1, 0.15) is 6.10 Å². The molecule has 0 aromatic carbocycles. The van der Waals surface area contributed by atoms with Crippen LogP contribution >= 0.6 is 0 Å². The Bertz CT molecular complexity index is 1220. The van der Waals surface area contributed by atoms with E-state index in [9.17, 15) is 19.8 Å². The summed E-state index contributed by atoms with van der Waals surface area (Å²) in [6.07, 6.45) is 63.3. The van der Waals surface area contributed by atoms with Crippen molar-refractivity contribution in [1.29, 1.82) is 0 Å². The molecule has 0 saturated carbocycles. The van der Waals surface area contributed by atoms with Crippen molar-refractivity contribution in [1.82, 2.24) is 5.32 Å². The maximum absolute atomic E-state index is 13.2. The zero-order valence-electron chi connectivity index (χ0n) is 39.5. The summed E-state index contributed by atoms with van der Waals surface area (Å²) in [6, 6.07) is -0.741. The maximum Gasteiger partial charge on any atom is 0.306 e. The number of esters is 1. The number of carbonyl (C=O) groups is 2. The molecule has 0 bridgehead atoms. The number of aliphatic hydroxyl groups excluding tert-OH is 2. The van der Waals surface area contributed by atoms with Gasteiger partial charge in [0.05, 0.1) is 25.2 Å². The Morgan fingerprint density at radius 3 is 1.49 bits per heavy atom. The minimum atomic E-state index is -0.821. The van der Waals surface area contributed by atoms with Crippen LogP contribution in [0, 0.1) is 0 Å². The lowest BCUT2D eigenvalue weighted by Gasteiger charge is -2.24. The van der Waals surface area contributed by atoms with Gasteiger partial charge in [-0.2, -0.15) is 0 Å². The van der Waals surface area contributed by atoms with Gasteiger partial charge in [0.15, 0.2) is 0 Å². The molecule has 1 amide bonds. The van der Waals surface area contributed by atoms with E-state index < -0.39 is 18.2 Å². The van der Waals surface area contributed by atoms with E-state index in [1.54, 1.807) is 0 Å². The highest BCUT2D eigenvalue weighted by Crippen LogP contribution is 2.16. The van der Waals surface area contributed by atoms with E-state index in [1.807, 2.05) is 66.8 Å². The van der Waals surface area contributed by atoms with E-state index in [1.165, 1.54) is 109 Å². The topological polar surface area (TPSA) is 95.9 Å². The summed E-state index contributed by atoms with van der Waals surface area (Å²) in [5.74, 6) is -0.637. The maximum atomic E-state index is 13.2. The first-order valence-electron chi connectivity index (χ1n) is 25.0. The van der Waals surface area contributed by atoms with Gasteiger partial charge in [-0.05, 0) is 57.8 Å². The molecule has 0 saturated heterocycles. The Labute approximate surface area is 376 Å². The molecule has 0 radical (unpaired) electrons. The Hall–Kier alpha value is -3.22. The normalized spacial score (nSPS) is 14.1. The predicted molar refractivity (Wildman–Crippen MR) is 264 cm³/mol. The standard InChI is InChI=1S/C55H93NO5/c1-4-7-10-13-16-19-22-25-27-29-31-34-37-40-43-46-51(61-55(60)48-45-42-39-36-33-28-24-21-18-15-12-9-6-3)49-54(59)56-52(50-57)53(58)47-44-41-38-35-32-30-26-23-20-17-14-11-8-5-2/h7,10,13,16,19,22,25,27-29,31,33-34,37,39,42,51-53,57-58H,4-6,8-9,11-12,14-15,17-18,20-21,23-24,26,30,32,35-36,38,40-41,43-50H2,1-3H3,(H,56,59)/b10-7-,16-13+,22-19+,27-25-,31-29+,33-28-,37-34+,42-39+. The number of rotatable bonds is 43. The van der Waals surface area contributed by atoms with Gasteiger partial charge >= 0.3 is 5.97 Å². The van der Waals surface area contributed by atoms with Crippen molar-refractivity contribution >= 4 is 11.9 Å². The third kappa shape index (κ3) is 43.2. The third-order valence-corrected chi connectivity index (χ3v) is 10.8. The first-order chi connectivity index (χ1) is 30.0. The van der Waals surface area contributed by atoms with Crippen LogP contribution in [0.1, 0.15) is 213 Å². The Balaban J connectivity index is 4.81. The summed E-state index contributed by atoms with van der Waals surface area (Å²) in [5.41, 5.74) is 0. The molecule has 0 spiro atoms. The average molecular weight is 848 g/mol. The monoisotopic (exact) mass is 848 g/mol. The second kappa shape index (κ2) is 47.8. The van der Waals surface area contributed by atoms with E-state index in [0.29, 0.717) is 19.3 Å². The number of unbranched alkanes of at least 4 members (excludes halogenated alkanes) is 20. The van der Waals surface area contributed by atoms with E-state index in [2.05, 4.69) is 56.5 Å². The van der Waals surface area contributed by atoms with Gasteiger partial charge < -0.3 is 20.3 Å². The second-order valence-electron chi connectivity index (χ2n) is 16.6. The van der Waals surface area contributed by atoms with Gasteiger partial charge in [0, 0.05) is 6.42 Å². The molecular weight excluding hydrogens is 755 g/mol. The highest BCUT2D eigenvalue weighted by Gasteiger charge is 2.23. The lowest BCUT2D eigenvalue weighted by molar-refractivity contribution is -0.150. The summed E-state index contributed by atoms with van der Waals surface area (Å²) in [7, 11) is 0. The number of nitrogens with one attached hydrogen (secondary N) is 1. The first kappa shape index (κ1) is 57.8. The number of carbonyl (C=O) groups excluding carboxylic acids is 2. The van der Waals surface area contributed by atoms with Gasteiger partial charge in [-0.15, -0.1) is 0 Å². The molecule has 0 aromatic heterocycles. The van der Waals surface area contributed by atoms with Crippen molar-refractivity contribution < 1.29 is 24.5 Å². The van der Waals surface area contributed by atoms with E-state index in [-0.39, 0.29) is 31.3 Å². The number of amides is 1. The molecule has 3 N–H and O–H groups in total. The smallest absolute Gasteiger partial charge is 0.306 e. The average Bonchev–Trinajstić information content (AvgIpc) is 3.25. The quantitative estimate of drug-likeness (QED) is 0.0246. The number of hydrogen-bond acceptors (Lipinski definition) is 5. The van der Waals surface area contributed by atoms with Crippen LogP contribution < -0.4 is 5.32 Å². The summed E-state index contributed by atoms with van der Waals surface area (Å²) in [4.78, 5) is 26.0. The van der Waals surface area contributed by atoms with Crippen molar-refractivity contribution in [3.63, 3.8) is 0 Å². The Morgan fingerprint density at radius 1 is 0.508 bits per heavy atom. The fourth-order valence-electron chi connectivity index (χ4n) is 7.05. The number of aliphatic hydroxyl groups is 2. The van der Waals surface area contributed by atoms with Crippen molar-refractivity contribution in [3.8, 4) is 0 Å². The molecule has 3 unspecified atom stereocenters. The third-order valence-electron chi connectivity index (χ3n) is 10.8. The molecular formula is C55H93NO5. The van der Waals surface area contributed by atoms with Crippen molar-refractivity contribution in [2.45, 2.75) is 232 Å². The lowest BCUT2D eigenvalue weighted by Crippen LogP contribution is -2.46. The highest BCUT2D eigenvalue weighted by molar-refractivity contribution is 5.77. The molecule has 0 fully saturated rings. The highest BCUT2D eigenvalue weighted by atomic mass is 16.5. The van der Waals surface area contributed by atoms with Gasteiger partial charge in [-0.3, -0.25) is 9.59 Å². The summed E-state index contributed by atoms with van der Waals surface area (Å²) >= 11 is 0. The SMILES string of the molecule is CC\C=C/C=C/C=C/C=C\C=C\C=C\CCCC(CC(=O)NC(CO)C(O)CCCCCCCCCCCCCCCC)OC(=O)CC/C=C/C/C=C\CCCCCCCC. The summed E-state index contributed by atoms with van der Waals surface area (Å²) in [5, 5.41) is 23.7.